The molecule has 0 aliphatic rings. The molecule has 10 heteroatoms. The van der Waals surface area contributed by atoms with Gasteiger partial charge in [0, 0.05) is 11.8 Å². The van der Waals surface area contributed by atoms with E-state index in [2.05, 4.69) is 31.0 Å². The van der Waals surface area contributed by atoms with Gasteiger partial charge in [0.15, 0.2) is 11.6 Å². The third-order valence-corrected chi connectivity index (χ3v) is 2.89. The van der Waals surface area contributed by atoms with Gasteiger partial charge >= 0.3 is 6.18 Å². The number of aryl methyl sites for hydroxylation is 1. The van der Waals surface area contributed by atoms with E-state index in [1.807, 2.05) is 0 Å². The molecule has 0 fully saturated rings. The molecule has 0 amide bonds. The van der Waals surface area contributed by atoms with Crippen LogP contribution in [0, 0.1) is 6.92 Å². The Morgan fingerprint density at radius 2 is 1.92 bits per heavy atom. The molecule has 124 valence electrons. The van der Waals surface area contributed by atoms with E-state index in [4.69, 9.17) is 4.52 Å². The van der Waals surface area contributed by atoms with Crippen LogP contribution in [0.1, 0.15) is 11.3 Å². The van der Waals surface area contributed by atoms with Crippen LogP contribution in [0.3, 0.4) is 0 Å². The van der Waals surface area contributed by atoms with Gasteiger partial charge in [-0.15, -0.1) is 5.10 Å². The topological polar surface area (TPSA) is 88.8 Å². The predicted molar refractivity (Wildman–Crippen MR) is 79.1 cm³/mol. The van der Waals surface area contributed by atoms with Crippen molar-refractivity contribution >= 4 is 23.3 Å². The fourth-order valence-corrected chi connectivity index (χ4v) is 1.88. The molecule has 0 bridgehead atoms. The highest BCUT2D eigenvalue weighted by molar-refractivity contribution is 5.58. The van der Waals surface area contributed by atoms with Crippen molar-refractivity contribution in [1.29, 1.82) is 0 Å². The third-order valence-electron chi connectivity index (χ3n) is 2.89. The van der Waals surface area contributed by atoms with Gasteiger partial charge < -0.3 is 15.2 Å². The van der Waals surface area contributed by atoms with Crippen LogP contribution in [0.15, 0.2) is 41.1 Å². The lowest BCUT2D eigenvalue weighted by atomic mass is 10.2. The second-order valence-corrected chi connectivity index (χ2v) is 4.82. The maximum absolute atomic E-state index is 12.7. The highest BCUT2D eigenvalue weighted by atomic mass is 19.4. The van der Waals surface area contributed by atoms with Gasteiger partial charge in [-0.25, -0.2) is 0 Å². The highest BCUT2D eigenvalue weighted by Crippen LogP contribution is 2.31. The highest BCUT2D eigenvalue weighted by Gasteiger charge is 2.30. The minimum atomic E-state index is -4.42. The van der Waals surface area contributed by atoms with E-state index in [0.717, 1.165) is 12.1 Å². The number of anilines is 4. The quantitative estimate of drug-likeness (QED) is 0.751. The van der Waals surface area contributed by atoms with Crippen LogP contribution >= 0.6 is 0 Å². The van der Waals surface area contributed by atoms with Crippen LogP contribution in [-0.4, -0.2) is 20.3 Å². The van der Waals surface area contributed by atoms with E-state index in [-0.39, 0.29) is 17.5 Å². The minimum absolute atomic E-state index is 0.125. The van der Waals surface area contributed by atoms with E-state index in [1.54, 1.807) is 13.0 Å². The molecular formula is C14H11F3N6O. The maximum Gasteiger partial charge on any atom is 0.416 e. The van der Waals surface area contributed by atoms with Crippen molar-refractivity contribution < 1.29 is 17.7 Å². The molecule has 1 aromatic carbocycles. The van der Waals surface area contributed by atoms with E-state index in [9.17, 15) is 13.2 Å². The molecule has 2 heterocycles. The Morgan fingerprint density at radius 3 is 2.62 bits per heavy atom. The molecule has 2 N–H and O–H groups in total. The average Bonchev–Trinajstić information content (AvgIpc) is 2.92. The summed E-state index contributed by atoms with van der Waals surface area (Å²) in [6, 6.07) is 6.40. The third kappa shape index (κ3) is 3.77. The molecule has 3 aromatic rings. The molecule has 0 spiro atoms. The molecule has 0 aliphatic heterocycles. The smallest absolute Gasteiger partial charge is 0.360 e. The van der Waals surface area contributed by atoms with Crippen LogP contribution in [0.4, 0.5) is 36.4 Å². The summed E-state index contributed by atoms with van der Waals surface area (Å²) in [6.45, 7) is 1.73. The first kappa shape index (κ1) is 15.7. The van der Waals surface area contributed by atoms with E-state index < -0.39 is 11.7 Å². The average molecular weight is 336 g/mol. The van der Waals surface area contributed by atoms with Crippen LogP contribution in [0.5, 0.6) is 0 Å². The second kappa shape index (κ2) is 6.14. The van der Waals surface area contributed by atoms with Gasteiger partial charge in [0.25, 0.3) is 0 Å². The molecule has 24 heavy (non-hydrogen) atoms. The first-order valence-corrected chi connectivity index (χ1v) is 6.74. The Morgan fingerprint density at radius 1 is 1.08 bits per heavy atom. The van der Waals surface area contributed by atoms with Crippen molar-refractivity contribution in [2.75, 3.05) is 10.6 Å². The largest absolute Gasteiger partial charge is 0.416 e. The summed E-state index contributed by atoms with van der Waals surface area (Å²) in [6.07, 6.45) is -3.13. The van der Waals surface area contributed by atoms with Crippen LogP contribution in [0.2, 0.25) is 0 Å². The van der Waals surface area contributed by atoms with Gasteiger partial charge in [-0.3, -0.25) is 0 Å². The number of nitrogens with zero attached hydrogens (tertiary/aromatic N) is 4. The zero-order valence-electron chi connectivity index (χ0n) is 12.3. The van der Waals surface area contributed by atoms with Gasteiger partial charge in [0.05, 0.1) is 11.8 Å². The van der Waals surface area contributed by atoms with E-state index in [1.165, 1.54) is 18.3 Å². The number of rotatable bonds is 4. The van der Waals surface area contributed by atoms with Crippen molar-refractivity contribution in [3.8, 4) is 0 Å². The van der Waals surface area contributed by atoms with Crippen LogP contribution in [-0.2, 0) is 6.18 Å². The molecule has 0 saturated carbocycles. The van der Waals surface area contributed by atoms with Gasteiger partial charge in [-0.05, 0) is 25.1 Å². The molecule has 7 nitrogen and oxygen atoms in total. The normalized spacial score (nSPS) is 11.3. The lowest BCUT2D eigenvalue weighted by Gasteiger charge is -2.10. The Hall–Kier alpha value is -3.17. The summed E-state index contributed by atoms with van der Waals surface area (Å²) >= 11 is 0. The standard InChI is InChI=1S/C14H11F3N6O/c1-8-5-11(23-24-8)20-13-21-12(7-18-22-13)19-10-4-2-3-9(6-10)14(15,16)17/h2-7H,1H3,(H2,19,20,21,22,23). The maximum atomic E-state index is 12.7. The van der Waals surface area contributed by atoms with Crippen LogP contribution in [0.25, 0.3) is 0 Å². The van der Waals surface area contributed by atoms with Gasteiger partial charge in [0.1, 0.15) is 5.76 Å². The zero-order valence-corrected chi connectivity index (χ0v) is 12.3. The van der Waals surface area contributed by atoms with E-state index in [0.29, 0.717) is 11.6 Å². The monoisotopic (exact) mass is 336 g/mol. The minimum Gasteiger partial charge on any atom is -0.360 e. The SMILES string of the molecule is Cc1cc(Nc2nncc(Nc3cccc(C(F)(F)F)c3)n2)no1. The molecule has 0 atom stereocenters. The zero-order chi connectivity index (χ0) is 17.2. The van der Waals surface area contributed by atoms with Crippen molar-refractivity contribution in [3.05, 3.63) is 47.9 Å². The molecule has 3 rings (SSSR count). The summed E-state index contributed by atoms with van der Waals surface area (Å²) in [7, 11) is 0. The van der Waals surface area contributed by atoms with Gasteiger partial charge in [0.2, 0.25) is 5.95 Å². The number of aromatic nitrogens is 4. The fraction of sp³-hybridized carbons (Fsp3) is 0.143. The number of hydrogen-bond acceptors (Lipinski definition) is 7. The Labute approximate surface area is 133 Å². The molecule has 2 aromatic heterocycles. The lowest BCUT2D eigenvalue weighted by molar-refractivity contribution is -0.137. The number of nitrogens with one attached hydrogen (secondary N) is 2. The molecular weight excluding hydrogens is 325 g/mol. The summed E-state index contributed by atoms with van der Waals surface area (Å²) in [4.78, 5) is 4.11. The van der Waals surface area contributed by atoms with Gasteiger partial charge in [-0.1, -0.05) is 11.2 Å². The molecule has 0 saturated heterocycles. The van der Waals surface area contributed by atoms with E-state index >= 15 is 0 Å². The molecule has 0 unspecified atom stereocenters. The first-order valence-electron chi connectivity index (χ1n) is 6.74. The molecule has 0 radical (unpaired) electrons. The summed E-state index contributed by atoms with van der Waals surface area (Å²) in [5.41, 5.74) is -0.528. The fourth-order valence-electron chi connectivity index (χ4n) is 1.88. The summed E-state index contributed by atoms with van der Waals surface area (Å²) in [5.74, 6) is 1.35. The number of alkyl halides is 3. The lowest BCUT2D eigenvalue weighted by Crippen LogP contribution is -2.06. The summed E-state index contributed by atoms with van der Waals surface area (Å²) in [5, 5.41) is 16.8. The van der Waals surface area contributed by atoms with Crippen molar-refractivity contribution in [2.24, 2.45) is 0 Å². The number of halogens is 3. The Balaban J connectivity index is 1.77. The molecule has 0 aliphatic carbocycles. The predicted octanol–water partition coefficient (Wildman–Crippen LogP) is 3.67. The summed E-state index contributed by atoms with van der Waals surface area (Å²) < 4.78 is 43.1. The van der Waals surface area contributed by atoms with Crippen molar-refractivity contribution in [2.45, 2.75) is 13.1 Å². The first-order chi connectivity index (χ1) is 11.4. The Bertz CT molecular complexity index is 848. The number of benzene rings is 1. The second-order valence-electron chi connectivity index (χ2n) is 4.82. The number of hydrogen-bond donors (Lipinski definition) is 2. The van der Waals surface area contributed by atoms with Gasteiger partial charge in [-0.2, -0.15) is 23.3 Å². The van der Waals surface area contributed by atoms with Crippen LogP contribution < -0.4 is 10.6 Å². The van der Waals surface area contributed by atoms with Crippen molar-refractivity contribution in [3.63, 3.8) is 0 Å². The Kier molecular flexibility index (Phi) is 4.02. The van der Waals surface area contributed by atoms with Crippen molar-refractivity contribution in [1.82, 2.24) is 20.3 Å².